The number of benzene rings is 1. The number of rotatable bonds is 7. The van der Waals surface area contributed by atoms with Crippen molar-refractivity contribution >= 4 is 23.2 Å². The topological polar surface area (TPSA) is 61.4 Å². The van der Waals surface area contributed by atoms with Crippen molar-refractivity contribution in [3.63, 3.8) is 0 Å². The maximum atomic E-state index is 12.0. The summed E-state index contributed by atoms with van der Waals surface area (Å²) in [5.41, 5.74) is 0.419. The Morgan fingerprint density at radius 1 is 1.52 bits per heavy atom. The van der Waals surface area contributed by atoms with E-state index in [2.05, 4.69) is 10.6 Å². The summed E-state index contributed by atoms with van der Waals surface area (Å²) in [4.78, 5) is 12.0. The molecule has 1 amide bonds. The van der Waals surface area contributed by atoms with E-state index in [1.807, 2.05) is 19.9 Å². The Bertz CT molecular complexity index is 505. The highest BCUT2D eigenvalue weighted by Crippen LogP contribution is 2.39. The molecular formula is C16H23ClN2O2. The molecule has 1 aromatic rings. The van der Waals surface area contributed by atoms with Crippen molar-refractivity contribution in [2.45, 2.75) is 44.7 Å². The minimum atomic E-state index is -0.282. The van der Waals surface area contributed by atoms with E-state index in [1.54, 1.807) is 18.2 Å². The Balaban J connectivity index is 1.84. The third kappa shape index (κ3) is 4.70. The van der Waals surface area contributed by atoms with Gasteiger partial charge in [-0.15, -0.1) is 0 Å². The summed E-state index contributed by atoms with van der Waals surface area (Å²) in [6, 6.07) is 7.10. The smallest absolute Gasteiger partial charge is 0.225 e. The van der Waals surface area contributed by atoms with Crippen LogP contribution in [0.25, 0.3) is 0 Å². The van der Waals surface area contributed by atoms with E-state index >= 15 is 0 Å². The fraction of sp³-hybridized carbons (Fsp3) is 0.562. The molecule has 0 heterocycles. The summed E-state index contributed by atoms with van der Waals surface area (Å²) in [5, 5.41) is 16.4. The van der Waals surface area contributed by atoms with E-state index < -0.39 is 0 Å². The van der Waals surface area contributed by atoms with Gasteiger partial charge in [-0.25, -0.2) is 0 Å². The number of carbonyl (C=O) groups excluding carboxylic acids is 1. The van der Waals surface area contributed by atoms with E-state index in [4.69, 9.17) is 11.6 Å². The van der Waals surface area contributed by atoms with Crippen molar-refractivity contribution in [2.75, 3.05) is 11.9 Å². The van der Waals surface area contributed by atoms with Crippen LogP contribution >= 0.6 is 11.6 Å². The lowest BCUT2D eigenvalue weighted by Gasteiger charge is -2.32. The fourth-order valence-corrected chi connectivity index (χ4v) is 2.87. The molecule has 0 bridgehead atoms. The number of anilines is 1. The Morgan fingerprint density at radius 2 is 2.24 bits per heavy atom. The number of aliphatic hydroxyl groups excluding tert-OH is 1. The number of aliphatic hydroxyl groups is 1. The zero-order chi connectivity index (χ0) is 15.5. The van der Waals surface area contributed by atoms with Crippen molar-refractivity contribution in [3.05, 3.63) is 29.3 Å². The lowest BCUT2D eigenvalue weighted by Crippen LogP contribution is -2.52. The molecule has 1 aliphatic carbocycles. The largest absolute Gasteiger partial charge is 0.394 e. The van der Waals surface area contributed by atoms with Gasteiger partial charge in [-0.05, 0) is 50.8 Å². The molecule has 2 rings (SSSR count). The van der Waals surface area contributed by atoms with Gasteiger partial charge in [-0.2, -0.15) is 0 Å². The highest BCUT2D eigenvalue weighted by Gasteiger charge is 2.41. The Hall–Kier alpha value is -1.10. The minimum Gasteiger partial charge on any atom is -0.394 e. The molecule has 3 N–H and O–H groups in total. The van der Waals surface area contributed by atoms with Crippen LogP contribution in [0.15, 0.2) is 24.3 Å². The molecule has 2 atom stereocenters. The van der Waals surface area contributed by atoms with Gasteiger partial charge in [-0.3, -0.25) is 4.79 Å². The van der Waals surface area contributed by atoms with Crippen molar-refractivity contribution in [1.29, 1.82) is 0 Å². The average Bonchev–Trinajstić information content (AvgIpc) is 3.22. The minimum absolute atomic E-state index is 0.00179. The first-order valence-electron chi connectivity index (χ1n) is 7.37. The molecule has 21 heavy (non-hydrogen) atoms. The van der Waals surface area contributed by atoms with Crippen LogP contribution in [0.1, 0.15) is 33.1 Å². The van der Waals surface area contributed by atoms with E-state index in [0.717, 1.165) is 12.8 Å². The van der Waals surface area contributed by atoms with Gasteiger partial charge < -0.3 is 15.7 Å². The van der Waals surface area contributed by atoms with Gasteiger partial charge in [0.15, 0.2) is 0 Å². The number of carbonyl (C=O) groups is 1. The Kier molecular flexibility index (Phi) is 5.25. The number of hydrogen-bond donors (Lipinski definition) is 3. The molecule has 1 fully saturated rings. The molecule has 1 saturated carbocycles. The van der Waals surface area contributed by atoms with Gasteiger partial charge in [0.2, 0.25) is 5.91 Å². The number of nitrogens with one attached hydrogen (secondary N) is 2. The maximum Gasteiger partial charge on any atom is 0.225 e. The average molecular weight is 311 g/mol. The van der Waals surface area contributed by atoms with Gasteiger partial charge >= 0.3 is 0 Å². The van der Waals surface area contributed by atoms with Gasteiger partial charge in [0, 0.05) is 28.7 Å². The van der Waals surface area contributed by atoms with Crippen LogP contribution in [-0.4, -0.2) is 29.2 Å². The molecule has 0 saturated heterocycles. The van der Waals surface area contributed by atoms with Gasteiger partial charge in [-0.1, -0.05) is 17.7 Å². The van der Waals surface area contributed by atoms with Crippen molar-refractivity contribution < 1.29 is 9.90 Å². The van der Waals surface area contributed by atoms with Crippen LogP contribution in [0.2, 0.25) is 5.02 Å². The SMILES string of the molecule is CC(CC(=O)Nc1cccc(Cl)c1)NC(C)(CO)C1CC1. The van der Waals surface area contributed by atoms with Gasteiger partial charge in [0.1, 0.15) is 0 Å². The van der Waals surface area contributed by atoms with E-state index in [1.165, 1.54) is 0 Å². The molecular weight excluding hydrogens is 288 g/mol. The highest BCUT2D eigenvalue weighted by molar-refractivity contribution is 6.30. The fourth-order valence-electron chi connectivity index (χ4n) is 2.68. The first-order valence-corrected chi connectivity index (χ1v) is 7.75. The quantitative estimate of drug-likeness (QED) is 0.726. The second-order valence-corrected chi connectivity index (χ2v) is 6.59. The maximum absolute atomic E-state index is 12.0. The van der Waals surface area contributed by atoms with Crippen LogP contribution < -0.4 is 10.6 Å². The van der Waals surface area contributed by atoms with Crippen LogP contribution in [0, 0.1) is 5.92 Å². The molecule has 4 nitrogen and oxygen atoms in total. The van der Waals surface area contributed by atoms with Gasteiger partial charge in [0.05, 0.1) is 6.61 Å². The van der Waals surface area contributed by atoms with Crippen LogP contribution in [0.5, 0.6) is 0 Å². The van der Waals surface area contributed by atoms with Crippen LogP contribution in [0.4, 0.5) is 5.69 Å². The molecule has 5 heteroatoms. The molecule has 0 radical (unpaired) electrons. The highest BCUT2D eigenvalue weighted by atomic mass is 35.5. The lowest BCUT2D eigenvalue weighted by atomic mass is 9.95. The van der Waals surface area contributed by atoms with Crippen molar-refractivity contribution in [3.8, 4) is 0 Å². The summed E-state index contributed by atoms with van der Waals surface area (Å²) >= 11 is 5.89. The third-order valence-corrected chi connectivity index (χ3v) is 4.22. The summed E-state index contributed by atoms with van der Waals surface area (Å²) < 4.78 is 0. The van der Waals surface area contributed by atoms with Crippen molar-refractivity contribution in [1.82, 2.24) is 5.32 Å². The number of halogens is 1. The second-order valence-electron chi connectivity index (χ2n) is 6.16. The molecule has 0 aliphatic heterocycles. The zero-order valence-corrected chi connectivity index (χ0v) is 13.3. The predicted octanol–water partition coefficient (Wildman–Crippen LogP) is 2.81. The third-order valence-electron chi connectivity index (χ3n) is 3.98. The van der Waals surface area contributed by atoms with Crippen LogP contribution in [-0.2, 0) is 4.79 Å². The van der Waals surface area contributed by atoms with Crippen LogP contribution in [0.3, 0.4) is 0 Å². The van der Waals surface area contributed by atoms with E-state index in [-0.39, 0.29) is 24.1 Å². The number of amides is 1. The standard InChI is InChI=1S/C16H23ClN2O2/c1-11(19-16(2,10-20)12-6-7-12)8-15(21)18-14-5-3-4-13(17)9-14/h3-5,9,11-12,19-20H,6-8,10H2,1-2H3,(H,18,21). The monoisotopic (exact) mass is 310 g/mol. The summed E-state index contributed by atoms with van der Waals surface area (Å²) in [7, 11) is 0. The number of hydrogen-bond acceptors (Lipinski definition) is 3. The molecule has 1 aliphatic rings. The Morgan fingerprint density at radius 3 is 2.81 bits per heavy atom. The van der Waals surface area contributed by atoms with E-state index in [9.17, 15) is 9.90 Å². The molecule has 116 valence electrons. The first-order chi connectivity index (χ1) is 9.93. The van der Waals surface area contributed by atoms with Gasteiger partial charge in [0.25, 0.3) is 0 Å². The Labute approximate surface area is 130 Å². The molecule has 0 spiro atoms. The van der Waals surface area contributed by atoms with Crippen molar-refractivity contribution in [2.24, 2.45) is 5.92 Å². The van der Waals surface area contributed by atoms with E-state index in [0.29, 0.717) is 23.0 Å². The molecule has 2 unspecified atom stereocenters. The lowest BCUT2D eigenvalue weighted by molar-refractivity contribution is -0.116. The normalized spacial score (nSPS) is 18.9. The molecule has 1 aromatic carbocycles. The first kappa shape index (κ1) is 16.3. The zero-order valence-electron chi connectivity index (χ0n) is 12.5. The second kappa shape index (κ2) is 6.77. The molecule has 0 aromatic heterocycles. The summed E-state index contributed by atoms with van der Waals surface area (Å²) in [5.74, 6) is 0.453. The predicted molar refractivity (Wildman–Crippen MR) is 85.5 cm³/mol. The summed E-state index contributed by atoms with van der Waals surface area (Å²) in [6.07, 6.45) is 2.64. The summed E-state index contributed by atoms with van der Waals surface area (Å²) in [6.45, 7) is 4.09.